The SMILES string of the molecule is Cc1nc(N2CCN(CCC(=O)O)CC2C)cc(C(F)(F)F)n1. The van der Waals surface area contributed by atoms with Gasteiger partial charge >= 0.3 is 12.1 Å². The van der Waals surface area contributed by atoms with E-state index in [0.29, 0.717) is 26.2 Å². The van der Waals surface area contributed by atoms with Crippen molar-refractivity contribution in [3.8, 4) is 0 Å². The first-order valence-electron chi connectivity index (χ1n) is 7.30. The molecule has 9 heteroatoms. The van der Waals surface area contributed by atoms with Gasteiger partial charge in [0.15, 0.2) is 0 Å². The molecule has 0 aromatic carbocycles. The molecular formula is C14H19F3N4O2. The summed E-state index contributed by atoms with van der Waals surface area (Å²) in [6.45, 7) is 5.42. The van der Waals surface area contributed by atoms with Crippen molar-refractivity contribution in [2.45, 2.75) is 32.5 Å². The maximum Gasteiger partial charge on any atom is 0.433 e. The molecule has 0 amide bonds. The number of carboxylic acid groups (broad SMARTS) is 1. The smallest absolute Gasteiger partial charge is 0.433 e. The lowest BCUT2D eigenvalue weighted by atomic mass is 10.1. The van der Waals surface area contributed by atoms with E-state index in [-0.39, 0.29) is 24.1 Å². The van der Waals surface area contributed by atoms with E-state index in [9.17, 15) is 18.0 Å². The number of hydrogen-bond acceptors (Lipinski definition) is 5. The van der Waals surface area contributed by atoms with Gasteiger partial charge in [0.2, 0.25) is 0 Å². The molecule has 1 aliphatic rings. The van der Waals surface area contributed by atoms with Crippen molar-refractivity contribution in [2.24, 2.45) is 0 Å². The minimum absolute atomic E-state index is 0.0531. The van der Waals surface area contributed by atoms with Gasteiger partial charge < -0.3 is 10.0 Å². The molecule has 0 radical (unpaired) electrons. The number of nitrogens with zero attached hydrogens (tertiary/aromatic N) is 4. The van der Waals surface area contributed by atoms with E-state index < -0.39 is 17.8 Å². The summed E-state index contributed by atoms with van der Waals surface area (Å²) in [5, 5.41) is 8.72. The Bertz CT molecular complexity index is 580. The van der Waals surface area contributed by atoms with Gasteiger partial charge in [0.1, 0.15) is 17.3 Å². The highest BCUT2D eigenvalue weighted by molar-refractivity contribution is 5.66. The molecule has 0 spiro atoms. The zero-order valence-electron chi connectivity index (χ0n) is 13.0. The number of rotatable bonds is 4. The second kappa shape index (κ2) is 6.69. The highest BCUT2D eigenvalue weighted by Gasteiger charge is 2.34. The van der Waals surface area contributed by atoms with Crippen molar-refractivity contribution in [2.75, 3.05) is 31.1 Å². The number of aromatic nitrogens is 2. The third-order valence-corrected chi connectivity index (χ3v) is 3.76. The highest BCUT2D eigenvalue weighted by Crippen LogP contribution is 2.30. The Kier molecular flexibility index (Phi) is 5.08. The van der Waals surface area contributed by atoms with Gasteiger partial charge in [-0.2, -0.15) is 13.2 Å². The van der Waals surface area contributed by atoms with Gasteiger partial charge in [-0.3, -0.25) is 9.69 Å². The first-order valence-corrected chi connectivity index (χ1v) is 7.30. The molecular weight excluding hydrogens is 313 g/mol. The number of alkyl halides is 3. The zero-order valence-corrected chi connectivity index (χ0v) is 13.0. The predicted octanol–water partition coefficient (Wildman–Crippen LogP) is 1.79. The van der Waals surface area contributed by atoms with Crippen LogP contribution in [0.15, 0.2) is 6.07 Å². The van der Waals surface area contributed by atoms with Gasteiger partial charge in [0.05, 0.1) is 6.42 Å². The van der Waals surface area contributed by atoms with Gasteiger partial charge in [0, 0.05) is 38.3 Å². The van der Waals surface area contributed by atoms with Crippen LogP contribution >= 0.6 is 0 Å². The standard InChI is InChI=1S/C14H19F3N4O2/c1-9-8-20(4-3-13(22)23)5-6-21(9)12-7-11(14(15,16)17)18-10(2)19-12/h7,9H,3-6,8H2,1-2H3,(H,22,23). The molecule has 2 heterocycles. The van der Waals surface area contributed by atoms with Crippen LogP contribution in [-0.2, 0) is 11.0 Å². The van der Waals surface area contributed by atoms with Crippen LogP contribution in [0.5, 0.6) is 0 Å². The van der Waals surface area contributed by atoms with Crippen molar-refractivity contribution in [3.63, 3.8) is 0 Å². The fourth-order valence-corrected chi connectivity index (χ4v) is 2.67. The van der Waals surface area contributed by atoms with Gasteiger partial charge in [-0.25, -0.2) is 9.97 Å². The van der Waals surface area contributed by atoms with Crippen LogP contribution in [0.25, 0.3) is 0 Å². The zero-order chi connectivity index (χ0) is 17.2. The summed E-state index contributed by atoms with van der Waals surface area (Å²) in [7, 11) is 0. The van der Waals surface area contributed by atoms with E-state index in [0.717, 1.165) is 6.07 Å². The van der Waals surface area contributed by atoms with Crippen molar-refractivity contribution >= 4 is 11.8 Å². The maximum atomic E-state index is 12.9. The Balaban J connectivity index is 2.11. The monoisotopic (exact) mass is 332 g/mol. The first-order chi connectivity index (χ1) is 10.7. The van der Waals surface area contributed by atoms with E-state index in [1.165, 1.54) is 6.92 Å². The van der Waals surface area contributed by atoms with Gasteiger partial charge in [-0.05, 0) is 13.8 Å². The number of anilines is 1. The first kappa shape index (κ1) is 17.5. The van der Waals surface area contributed by atoms with Gasteiger partial charge in [-0.15, -0.1) is 0 Å². The Hall–Kier alpha value is -1.90. The number of aliphatic carboxylic acids is 1. The van der Waals surface area contributed by atoms with E-state index >= 15 is 0 Å². The fraction of sp³-hybridized carbons (Fsp3) is 0.643. The predicted molar refractivity (Wildman–Crippen MR) is 77.3 cm³/mol. The minimum atomic E-state index is -4.50. The lowest BCUT2D eigenvalue weighted by Crippen LogP contribution is -2.52. The number of carboxylic acids is 1. The van der Waals surface area contributed by atoms with Gasteiger partial charge in [-0.1, -0.05) is 0 Å². The number of aryl methyl sites for hydroxylation is 1. The summed E-state index contributed by atoms with van der Waals surface area (Å²) < 4.78 is 38.6. The lowest BCUT2D eigenvalue weighted by Gasteiger charge is -2.40. The molecule has 2 rings (SSSR count). The van der Waals surface area contributed by atoms with Gasteiger partial charge in [0.25, 0.3) is 0 Å². The second-order valence-electron chi connectivity index (χ2n) is 5.64. The summed E-state index contributed by atoms with van der Waals surface area (Å²) >= 11 is 0. The van der Waals surface area contributed by atoms with E-state index in [2.05, 4.69) is 9.97 Å². The molecule has 1 aliphatic heterocycles. The molecule has 0 saturated carbocycles. The Morgan fingerprint density at radius 3 is 2.65 bits per heavy atom. The fourth-order valence-electron chi connectivity index (χ4n) is 2.67. The number of hydrogen-bond donors (Lipinski definition) is 1. The third-order valence-electron chi connectivity index (χ3n) is 3.76. The van der Waals surface area contributed by atoms with Crippen LogP contribution in [0.1, 0.15) is 24.9 Å². The largest absolute Gasteiger partial charge is 0.481 e. The van der Waals surface area contributed by atoms with Crippen LogP contribution in [0, 0.1) is 6.92 Å². The normalized spacial score (nSPS) is 19.9. The molecule has 128 valence electrons. The lowest BCUT2D eigenvalue weighted by molar-refractivity contribution is -0.141. The topological polar surface area (TPSA) is 69.6 Å². The summed E-state index contributed by atoms with van der Waals surface area (Å²) in [6.07, 6.45) is -4.45. The summed E-state index contributed by atoms with van der Waals surface area (Å²) in [4.78, 5) is 22.0. The van der Waals surface area contributed by atoms with Crippen molar-refractivity contribution in [3.05, 3.63) is 17.6 Å². The number of halogens is 3. The van der Waals surface area contributed by atoms with E-state index in [1.807, 2.05) is 11.8 Å². The maximum absolute atomic E-state index is 12.9. The average Bonchev–Trinajstić information content (AvgIpc) is 2.43. The van der Waals surface area contributed by atoms with Crippen molar-refractivity contribution in [1.29, 1.82) is 0 Å². The molecule has 1 unspecified atom stereocenters. The average molecular weight is 332 g/mol. The molecule has 1 saturated heterocycles. The molecule has 1 aromatic heterocycles. The molecule has 6 nitrogen and oxygen atoms in total. The van der Waals surface area contributed by atoms with Crippen LogP contribution < -0.4 is 4.90 Å². The Labute approximate surface area is 131 Å². The highest BCUT2D eigenvalue weighted by atomic mass is 19.4. The van der Waals surface area contributed by atoms with Crippen LogP contribution in [0.2, 0.25) is 0 Å². The van der Waals surface area contributed by atoms with Crippen LogP contribution in [0.3, 0.4) is 0 Å². The molecule has 0 bridgehead atoms. The Morgan fingerprint density at radius 2 is 2.09 bits per heavy atom. The molecule has 1 N–H and O–H groups in total. The number of carbonyl (C=O) groups is 1. The van der Waals surface area contributed by atoms with E-state index in [1.54, 1.807) is 4.90 Å². The van der Waals surface area contributed by atoms with E-state index in [4.69, 9.17) is 5.11 Å². The summed E-state index contributed by atoms with van der Waals surface area (Å²) in [5.74, 6) is -0.521. The second-order valence-corrected chi connectivity index (χ2v) is 5.64. The molecule has 1 atom stereocenters. The third kappa shape index (κ3) is 4.54. The van der Waals surface area contributed by atoms with Crippen LogP contribution in [0.4, 0.5) is 19.0 Å². The Morgan fingerprint density at radius 1 is 1.39 bits per heavy atom. The minimum Gasteiger partial charge on any atom is -0.481 e. The van der Waals surface area contributed by atoms with Crippen molar-refractivity contribution < 1.29 is 23.1 Å². The molecule has 23 heavy (non-hydrogen) atoms. The summed E-state index contributed by atoms with van der Waals surface area (Å²) in [5.41, 5.74) is -0.944. The number of piperazine rings is 1. The molecule has 1 aromatic rings. The molecule has 1 fully saturated rings. The summed E-state index contributed by atoms with van der Waals surface area (Å²) in [6, 6.07) is 0.907. The quantitative estimate of drug-likeness (QED) is 0.906. The van der Waals surface area contributed by atoms with Crippen LogP contribution in [-0.4, -0.2) is 58.2 Å². The van der Waals surface area contributed by atoms with Crippen molar-refractivity contribution in [1.82, 2.24) is 14.9 Å². The molecule has 0 aliphatic carbocycles.